The lowest BCUT2D eigenvalue weighted by Crippen LogP contribution is -2.46. The Labute approximate surface area is 92.4 Å². The quantitative estimate of drug-likeness (QED) is 0.614. The van der Waals surface area contributed by atoms with Crippen molar-refractivity contribution in [2.45, 2.75) is 58.5 Å². The van der Waals surface area contributed by atoms with E-state index in [-0.39, 0.29) is 5.60 Å². The van der Waals surface area contributed by atoms with Gasteiger partial charge in [0.25, 0.3) is 0 Å². The average molecular weight is 210 g/mol. The first-order valence-corrected chi connectivity index (χ1v) is 6.11. The highest BCUT2D eigenvalue weighted by Crippen LogP contribution is 2.45. The number of carbonyl (C=O) groups is 1. The second-order valence-corrected chi connectivity index (χ2v) is 6.18. The van der Waals surface area contributed by atoms with Gasteiger partial charge in [-0.25, -0.2) is 0 Å². The number of carbonyl (C=O) groups excluding carboxylic acids is 1. The van der Waals surface area contributed by atoms with Crippen LogP contribution in [0.5, 0.6) is 0 Å². The molecule has 0 unspecified atom stereocenters. The fourth-order valence-corrected chi connectivity index (χ4v) is 2.96. The Hall–Kier alpha value is -0.370. The van der Waals surface area contributed by atoms with Crippen molar-refractivity contribution in [1.29, 1.82) is 0 Å². The summed E-state index contributed by atoms with van der Waals surface area (Å²) in [6.07, 6.45) is 4.74. The number of hydrogen-bond donors (Lipinski definition) is 0. The predicted molar refractivity (Wildman–Crippen MR) is 59.7 cm³/mol. The van der Waals surface area contributed by atoms with Crippen LogP contribution in [0, 0.1) is 11.3 Å². The second-order valence-electron chi connectivity index (χ2n) is 6.18. The first-order chi connectivity index (χ1) is 6.94. The highest BCUT2D eigenvalue weighted by atomic mass is 16.5. The fraction of sp³-hybridized carbons (Fsp3) is 0.923. The molecular formula is C13H22O2. The third kappa shape index (κ3) is 1.96. The maximum absolute atomic E-state index is 12.0. The predicted octanol–water partition coefficient (Wildman–Crippen LogP) is 2.95. The molecule has 0 aromatic carbocycles. The molecule has 86 valence electrons. The summed E-state index contributed by atoms with van der Waals surface area (Å²) in [5, 5.41) is 0. The molecule has 0 amide bonds. The van der Waals surface area contributed by atoms with Crippen LogP contribution in [0.15, 0.2) is 0 Å². The van der Waals surface area contributed by atoms with E-state index in [2.05, 4.69) is 20.8 Å². The Morgan fingerprint density at radius 3 is 2.67 bits per heavy atom. The highest BCUT2D eigenvalue weighted by Gasteiger charge is 2.48. The van der Waals surface area contributed by atoms with E-state index in [1.165, 1.54) is 0 Å². The average Bonchev–Trinajstić information content (AvgIpc) is 2.58. The maximum atomic E-state index is 12.0. The Bertz CT molecular complexity index is 256. The molecule has 0 aromatic rings. The van der Waals surface area contributed by atoms with Crippen LogP contribution in [0.4, 0.5) is 0 Å². The molecule has 1 heterocycles. The van der Waals surface area contributed by atoms with Gasteiger partial charge < -0.3 is 4.74 Å². The molecule has 0 N–H and O–H groups in total. The van der Waals surface area contributed by atoms with Crippen molar-refractivity contribution in [2.24, 2.45) is 11.3 Å². The summed E-state index contributed by atoms with van der Waals surface area (Å²) >= 11 is 0. The molecule has 1 spiro atoms. The Morgan fingerprint density at radius 2 is 2.13 bits per heavy atom. The van der Waals surface area contributed by atoms with Gasteiger partial charge in [0.2, 0.25) is 0 Å². The molecule has 15 heavy (non-hydrogen) atoms. The van der Waals surface area contributed by atoms with Crippen LogP contribution in [0.3, 0.4) is 0 Å². The molecule has 2 atom stereocenters. The zero-order valence-corrected chi connectivity index (χ0v) is 10.1. The lowest BCUT2D eigenvalue weighted by Gasteiger charge is -2.41. The van der Waals surface area contributed by atoms with Crippen LogP contribution in [-0.2, 0) is 9.53 Å². The smallest absolute Gasteiger partial charge is 0.164 e. The van der Waals surface area contributed by atoms with Crippen molar-refractivity contribution in [1.82, 2.24) is 0 Å². The Kier molecular flexibility index (Phi) is 2.66. The van der Waals surface area contributed by atoms with Gasteiger partial charge in [-0.15, -0.1) is 0 Å². The lowest BCUT2D eigenvalue weighted by molar-refractivity contribution is -0.147. The van der Waals surface area contributed by atoms with Gasteiger partial charge in [0.15, 0.2) is 5.78 Å². The summed E-state index contributed by atoms with van der Waals surface area (Å²) in [5.41, 5.74) is -0.0736. The number of ketones is 1. The van der Waals surface area contributed by atoms with E-state index >= 15 is 0 Å². The van der Waals surface area contributed by atoms with Crippen molar-refractivity contribution in [3.63, 3.8) is 0 Å². The van der Waals surface area contributed by atoms with Crippen LogP contribution < -0.4 is 0 Å². The Balaban J connectivity index is 2.14. The van der Waals surface area contributed by atoms with Crippen molar-refractivity contribution >= 4 is 5.78 Å². The molecule has 2 rings (SSSR count). The largest absolute Gasteiger partial charge is 0.367 e. The summed E-state index contributed by atoms with van der Waals surface area (Å²) in [5.74, 6) is 0.994. The van der Waals surface area contributed by atoms with E-state index in [4.69, 9.17) is 4.74 Å². The molecule has 0 bridgehead atoms. The van der Waals surface area contributed by atoms with Crippen LogP contribution in [0.2, 0.25) is 0 Å². The first-order valence-electron chi connectivity index (χ1n) is 6.11. The number of ether oxygens (including phenoxy) is 1. The van der Waals surface area contributed by atoms with Gasteiger partial charge in [-0.05, 0) is 37.0 Å². The van der Waals surface area contributed by atoms with Crippen molar-refractivity contribution < 1.29 is 9.53 Å². The van der Waals surface area contributed by atoms with Gasteiger partial charge in [0.1, 0.15) is 5.60 Å². The molecular weight excluding hydrogens is 188 g/mol. The zero-order chi connectivity index (χ0) is 11.1. The van der Waals surface area contributed by atoms with Gasteiger partial charge in [-0.3, -0.25) is 4.79 Å². The van der Waals surface area contributed by atoms with Crippen molar-refractivity contribution in [3.8, 4) is 0 Å². The summed E-state index contributed by atoms with van der Waals surface area (Å²) in [4.78, 5) is 12.0. The maximum Gasteiger partial charge on any atom is 0.164 e. The third-order valence-corrected chi connectivity index (χ3v) is 4.13. The molecule has 1 aliphatic heterocycles. The molecule has 2 fully saturated rings. The zero-order valence-electron chi connectivity index (χ0n) is 10.1. The number of rotatable bonds is 0. The van der Waals surface area contributed by atoms with Crippen LogP contribution in [0.25, 0.3) is 0 Å². The van der Waals surface area contributed by atoms with E-state index in [0.717, 1.165) is 38.7 Å². The van der Waals surface area contributed by atoms with E-state index < -0.39 is 0 Å². The van der Waals surface area contributed by atoms with Gasteiger partial charge in [0.05, 0.1) is 0 Å². The molecule has 1 saturated heterocycles. The molecule has 1 saturated carbocycles. The normalized spacial score (nSPS) is 37.5. The fourth-order valence-electron chi connectivity index (χ4n) is 2.96. The SMILES string of the molecule is CC(C)(C)[C@@H]1CCC(=O)[C@]2(CCCO2)C1. The lowest BCUT2D eigenvalue weighted by atomic mass is 9.66. The second kappa shape index (κ2) is 3.58. The van der Waals surface area contributed by atoms with Gasteiger partial charge in [-0.1, -0.05) is 20.8 Å². The first kappa shape index (κ1) is 11.1. The molecule has 1 aliphatic carbocycles. The number of hydrogen-bond acceptors (Lipinski definition) is 2. The minimum Gasteiger partial charge on any atom is -0.367 e. The summed E-state index contributed by atoms with van der Waals surface area (Å²) in [6.45, 7) is 7.60. The van der Waals surface area contributed by atoms with Crippen LogP contribution >= 0.6 is 0 Å². The molecule has 0 radical (unpaired) electrons. The topological polar surface area (TPSA) is 26.3 Å². The van der Waals surface area contributed by atoms with E-state index in [0.29, 0.717) is 17.1 Å². The van der Waals surface area contributed by atoms with E-state index in [9.17, 15) is 4.79 Å². The van der Waals surface area contributed by atoms with Crippen LogP contribution in [-0.4, -0.2) is 18.0 Å². The minimum absolute atomic E-state index is 0.305. The molecule has 2 heteroatoms. The standard InChI is InChI=1S/C13H22O2/c1-12(2,3)10-5-6-11(14)13(9-10)7-4-8-15-13/h10H,4-9H2,1-3H3/t10-,13+/m1/s1. The monoisotopic (exact) mass is 210 g/mol. The number of Topliss-reactive ketones (excluding diaryl/α,β-unsaturated/α-hetero) is 1. The molecule has 0 aromatic heterocycles. The van der Waals surface area contributed by atoms with Crippen molar-refractivity contribution in [3.05, 3.63) is 0 Å². The Morgan fingerprint density at radius 1 is 1.40 bits per heavy atom. The van der Waals surface area contributed by atoms with E-state index in [1.54, 1.807) is 0 Å². The van der Waals surface area contributed by atoms with Gasteiger partial charge in [0, 0.05) is 13.0 Å². The van der Waals surface area contributed by atoms with Gasteiger partial charge in [-0.2, -0.15) is 0 Å². The molecule has 2 nitrogen and oxygen atoms in total. The molecule has 2 aliphatic rings. The van der Waals surface area contributed by atoms with Crippen molar-refractivity contribution in [2.75, 3.05) is 6.61 Å². The minimum atomic E-state index is -0.379. The summed E-state index contributed by atoms with van der Waals surface area (Å²) in [7, 11) is 0. The summed E-state index contributed by atoms with van der Waals surface area (Å²) < 4.78 is 5.77. The van der Waals surface area contributed by atoms with Crippen LogP contribution in [0.1, 0.15) is 52.9 Å². The highest BCUT2D eigenvalue weighted by molar-refractivity contribution is 5.88. The third-order valence-electron chi connectivity index (χ3n) is 4.13. The van der Waals surface area contributed by atoms with Gasteiger partial charge >= 0.3 is 0 Å². The summed E-state index contributed by atoms with van der Waals surface area (Å²) in [6, 6.07) is 0. The van der Waals surface area contributed by atoms with E-state index in [1.807, 2.05) is 0 Å².